The van der Waals surface area contributed by atoms with Gasteiger partial charge in [0.2, 0.25) is 0 Å². The molecule has 0 saturated carbocycles. The fraction of sp³-hybridized carbons (Fsp3) is 0.429. The predicted octanol–water partition coefficient (Wildman–Crippen LogP) is 1.20. The number of carboxylic acids is 1. The number of nitrogens with zero attached hydrogens (tertiary/aromatic N) is 2. The molecule has 2 rings (SSSR count). The van der Waals surface area contributed by atoms with E-state index in [1.807, 2.05) is 4.90 Å². The van der Waals surface area contributed by atoms with E-state index in [0.717, 1.165) is 18.2 Å². The van der Waals surface area contributed by atoms with E-state index in [1.165, 1.54) is 4.90 Å². The Morgan fingerprint density at radius 1 is 1.05 bits per heavy atom. The normalized spacial score (nSPS) is 16.0. The number of carbonyl (C=O) groups excluding carboxylic acids is 1. The minimum atomic E-state index is -0.858. The summed E-state index contributed by atoms with van der Waals surface area (Å²) >= 11 is 0. The molecule has 1 aromatic carbocycles. The van der Waals surface area contributed by atoms with Crippen molar-refractivity contribution in [3.05, 3.63) is 35.4 Å². The Morgan fingerprint density at radius 3 is 2.14 bits per heavy atom. The summed E-state index contributed by atoms with van der Waals surface area (Å²) in [6, 6.07) is 2.76. The van der Waals surface area contributed by atoms with Crippen LogP contribution in [0.15, 0.2) is 18.2 Å². The Balaban J connectivity index is 1.92. The zero-order chi connectivity index (χ0) is 15.4. The molecular formula is C14H16F2N2O3. The van der Waals surface area contributed by atoms with Crippen LogP contribution in [0.25, 0.3) is 0 Å². The fourth-order valence-corrected chi connectivity index (χ4v) is 2.29. The van der Waals surface area contributed by atoms with E-state index < -0.39 is 23.5 Å². The number of rotatable bonds is 4. The molecule has 0 atom stereocenters. The Bertz CT molecular complexity index is 523. The Kier molecular flexibility index (Phi) is 4.85. The molecule has 1 saturated heterocycles. The summed E-state index contributed by atoms with van der Waals surface area (Å²) in [7, 11) is 0. The minimum absolute atomic E-state index is 0.00788. The third-order valence-corrected chi connectivity index (χ3v) is 3.41. The Hall–Kier alpha value is -2.02. The summed E-state index contributed by atoms with van der Waals surface area (Å²) in [5, 5.41) is 8.62. The second-order valence-corrected chi connectivity index (χ2v) is 4.94. The van der Waals surface area contributed by atoms with E-state index in [-0.39, 0.29) is 12.0 Å². The summed E-state index contributed by atoms with van der Waals surface area (Å²) in [5.41, 5.74) is -0.00788. The molecule has 5 nitrogen and oxygen atoms in total. The van der Waals surface area contributed by atoms with Crippen molar-refractivity contribution in [2.24, 2.45) is 0 Å². The van der Waals surface area contributed by atoms with Crippen LogP contribution >= 0.6 is 0 Å². The topological polar surface area (TPSA) is 60.9 Å². The molecule has 1 N–H and O–H groups in total. The van der Waals surface area contributed by atoms with Crippen LogP contribution in [0.4, 0.5) is 8.78 Å². The molecule has 1 aliphatic heterocycles. The minimum Gasteiger partial charge on any atom is -0.481 e. The Labute approximate surface area is 120 Å². The van der Waals surface area contributed by atoms with Crippen LogP contribution in [-0.2, 0) is 4.79 Å². The molecule has 0 bridgehead atoms. The monoisotopic (exact) mass is 298 g/mol. The van der Waals surface area contributed by atoms with Gasteiger partial charge in [0, 0.05) is 44.4 Å². The van der Waals surface area contributed by atoms with Crippen LogP contribution in [0.3, 0.4) is 0 Å². The SMILES string of the molecule is O=C(O)CCN1CCN(C(=O)c2cc(F)cc(F)c2)CC1. The highest BCUT2D eigenvalue weighted by Crippen LogP contribution is 2.12. The van der Waals surface area contributed by atoms with Gasteiger partial charge in [-0.25, -0.2) is 8.78 Å². The maximum Gasteiger partial charge on any atom is 0.304 e. The molecule has 1 aromatic rings. The molecule has 0 unspecified atom stereocenters. The largest absolute Gasteiger partial charge is 0.481 e. The van der Waals surface area contributed by atoms with Gasteiger partial charge in [-0.3, -0.25) is 14.5 Å². The van der Waals surface area contributed by atoms with Crippen molar-refractivity contribution in [3.8, 4) is 0 Å². The average molecular weight is 298 g/mol. The van der Waals surface area contributed by atoms with Crippen LogP contribution in [0, 0.1) is 11.6 Å². The maximum atomic E-state index is 13.1. The van der Waals surface area contributed by atoms with Gasteiger partial charge in [0.1, 0.15) is 11.6 Å². The lowest BCUT2D eigenvalue weighted by molar-refractivity contribution is -0.137. The lowest BCUT2D eigenvalue weighted by atomic mass is 10.1. The highest BCUT2D eigenvalue weighted by atomic mass is 19.1. The zero-order valence-corrected chi connectivity index (χ0v) is 11.4. The van der Waals surface area contributed by atoms with Crippen molar-refractivity contribution >= 4 is 11.9 Å². The van der Waals surface area contributed by atoms with Crippen molar-refractivity contribution in [2.75, 3.05) is 32.7 Å². The third-order valence-electron chi connectivity index (χ3n) is 3.41. The van der Waals surface area contributed by atoms with Crippen molar-refractivity contribution < 1.29 is 23.5 Å². The number of benzene rings is 1. The molecule has 0 radical (unpaired) electrons. The number of aliphatic carboxylic acids is 1. The predicted molar refractivity (Wildman–Crippen MR) is 71.0 cm³/mol. The molecule has 0 aliphatic carbocycles. The molecule has 21 heavy (non-hydrogen) atoms. The first-order valence-corrected chi connectivity index (χ1v) is 6.65. The number of hydrogen-bond acceptors (Lipinski definition) is 3. The van der Waals surface area contributed by atoms with Crippen LogP contribution in [0.1, 0.15) is 16.8 Å². The number of hydrogen-bond donors (Lipinski definition) is 1. The quantitative estimate of drug-likeness (QED) is 0.907. The Morgan fingerprint density at radius 2 is 1.62 bits per heavy atom. The molecule has 0 spiro atoms. The molecule has 1 fully saturated rings. The number of amides is 1. The number of carbonyl (C=O) groups is 2. The first-order chi connectivity index (χ1) is 9.95. The molecular weight excluding hydrogens is 282 g/mol. The van der Waals surface area contributed by atoms with Gasteiger partial charge in [-0.1, -0.05) is 0 Å². The summed E-state index contributed by atoms with van der Waals surface area (Å²) in [4.78, 5) is 26.1. The lowest BCUT2D eigenvalue weighted by Gasteiger charge is -2.34. The van der Waals surface area contributed by atoms with E-state index in [4.69, 9.17) is 5.11 Å². The van der Waals surface area contributed by atoms with Gasteiger partial charge in [-0.15, -0.1) is 0 Å². The van der Waals surface area contributed by atoms with Gasteiger partial charge in [-0.2, -0.15) is 0 Å². The summed E-state index contributed by atoms with van der Waals surface area (Å²) in [5.74, 6) is -2.83. The fourth-order valence-electron chi connectivity index (χ4n) is 2.29. The number of piperazine rings is 1. The molecule has 0 aromatic heterocycles. The second-order valence-electron chi connectivity index (χ2n) is 4.94. The van der Waals surface area contributed by atoms with E-state index in [1.54, 1.807) is 0 Å². The number of carboxylic acid groups (broad SMARTS) is 1. The second kappa shape index (κ2) is 6.62. The first-order valence-electron chi connectivity index (χ1n) is 6.65. The van der Waals surface area contributed by atoms with Gasteiger partial charge in [0.15, 0.2) is 0 Å². The molecule has 114 valence electrons. The standard InChI is InChI=1S/C14H16F2N2O3/c15-11-7-10(8-12(16)9-11)14(21)18-5-3-17(4-6-18)2-1-13(19)20/h7-9H,1-6H2,(H,19,20). The van der Waals surface area contributed by atoms with Crippen molar-refractivity contribution in [1.82, 2.24) is 9.80 Å². The maximum absolute atomic E-state index is 13.1. The van der Waals surface area contributed by atoms with E-state index in [0.29, 0.717) is 32.7 Å². The van der Waals surface area contributed by atoms with Gasteiger partial charge >= 0.3 is 5.97 Å². The van der Waals surface area contributed by atoms with Gasteiger partial charge in [0.25, 0.3) is 5.91 Å². The first kappa shape index (κ1) is 15.4. The van der Waals surface area contributed by atoms with Gasteiger partial charge in [0.05, 0.1) is 6.42 Å². The summed E-state index contributed by atoms with van der Waals surface area (Å²) in [6.45, 7) is 2.37. The molecule has 1 amide bonds. The van der Waals surface area contributed by atoms with E-state index >= 15 is 0 Å². The highest BCUT2D eigenvalue weighted by Gasteiger charge is 2.23. The van der Waals surface area contributed by atoms with Crippen molar-refractivity contribution in [3.63, 3.8) is 0 Å². The van der Waals surface area contributed by atoms with Crippen LogP contribution in [0.2, 0.25) is 0 Å². The van der Waals surface area contributed by atoms with Gasteiger partial charge < -0.3 is 10.0 Å². The number of halogens is 2. The van der Waals surface area contributed by atoms with E-state index in [9.17, 15) is 18.4 Å². The molecule has 1 heterocycles. The van der Waals surface area contributed by atoms with Crippen LogP contribution in [0.5, 0.6) is 0 Å². The summed E-state index contributed by atoms with van der Waals surface area (Å²) < 4.78 is 26.2. The third kappa shape index (κ3) is 4.22. The van der Waals surface area contributed by atoms with Crippen molar-refractivity contribution in [2.45, 2.75) is 6.42 Å². The van der Waals surface area contributed by atoms with Crippen molar-refractivity contribution in [1.29, 1.82) is 0 Å². The van der Waals surface area contributed by atoms with Gasteiger partial charge in [-0.05, 0) is 12.1 Å². The highest BCUT2D eigenvalue weighted by molar-refractivity contribution is 5.94. The molecule has 7 heteroatoms. The summed E-state index contributed by atoms with van der Waals surface area (Å²) in [6.07, 6.45) is 0.0586. The smallest absolute Gasteiger partial charge is 0.304 e. The molecule has 1 aliphatic rings. The van der Waals surface area contributed by atoms with E-state index in [2.05, 4.69) is 0 Å². The van der Waals surface area contributed by atoms with Crippen LogP contribution in [-0.4, -0.2) is 59.5 Å². The average Bonchev–Trinajstić information content (AvgIpc) is 2.44. The lowest BCUT2D eigenvalue weighted by Crippen LogP contribution is -2.49. The zero-order valence-electron chi connectivity index (χ0n) is 11.4. The van der Waals surface area contributed by atoms with Crippen LogP contribution < -0.4 is 0 Å².